The van der Waals surface area contributed by atoms with Crippen LogP contribution in [0, 0.1) is 0 Å². The first-order valence-electron chi connectivity index (χ1n) is 11.0. The third-order valence-electron chi connectivity index (χ3n) is 6.35. The molecule has 31 heavy (non-hydrogen) atoms. The number of ether oxygens (including phenoxy) is 2. The third-order valence-corrected chi connectivity index (χ3v) is 6.35. The highest BCUT2D eigenvalue weighted by molar-refractivity contribution is 5.79. The maximum atomic E-state index is 13.2. The lowest BCUT2D eigenvalue weighted by molar-refractivity contribution is -0.133. The minimum absolute atomic E-state index is 0.0468. The number of carbonyl (C=O) groups is 1. The fourth-order valence-corrected chi connectivity index (χ4v) is 4.62. The van der Waals surface area contributed by atoms with E-state index in [-0.39, 0.29) is 11.9 Å². The Morgan fingerprint density at radius 2 is 1.74 bits per heavy atom. The van der Waals surface area contributed by atoms with E-state index in [4.69, 9.17) is 9.47 Å². The molecule has 7 heteroatoms. The average molecular weight is 425 g/mol. The summed E-state index contributed by atoms with van der Waals surface area (Å²) in [5.74, 6) is 1.81. The van der Waals surface area contributed by atoms with Crippen LogP contribution < -0.4 is 9.47 Å². The lowest BCUT2D eigenvalue weighted by atomic mass is 10.0. The number of amides is 1. The first kappa shape index (κ1) is 21.6. The van der Waals surface area contributed by atoms with Gasteiger partial charge in [0.2, 0.25) is 5.91 Å². The molecule has 1 atom stereocenters. The largest absolute Gasteiger partial charge is 0.497 e. The third kappa shape index (κ3) is 5.17. The molecule has 166 valence electrons. The number of hydrogen-bond donors (Lipinski definition) is 0. The number of methoxy groups -OCH3 is 2. The second-order valence-electron chi connectivity index (χ2n) is 8.26. The molecular formula is C24H32N4O3. The molecule has 1 amide bonds. The Balaban J connectivity index is 1.34. The zero-order chi connectivity index (χ0) is 21.6. The number of aromatic nitrogens is 1. The molecule has 4 rings (SSSR count). The van der Waals surface area contributed by atoms with E-state index in [1.54, 1.807) is 14.2 Å². The Kier molecular flexibility index (Phi) is 7.04. The molecule has 3 heterocycles. The first-order chi connectivity index (χ1) is 15.2. The van der Waals surface area contributed by atoms with Gasteiger partial charge in [0.15, 0.2) is 0 Å². The Morgan fingerprint density at radius 1 is 1.00 bits per heavy atom. The lowest BCUT2D eigenvalue weighted by Gasteiger charge is -2.36. The number of piperazine rings is 1. The van der Waals surface area contributed by atoms with Crippen LogP contribution >= 0.6 is 0 Å². The Labute approximate surface area is 184 Å². The zero-order valence-electron chi connectivity index (χ0n) is 18.5. The fourth-order valence-electron chi connectivity index (χ4n) is 4.62. The summed E-state index contributed by atoms with van der Waals surface area (Å²) in [6.45, 7) is 5.99. The van der Waals surface area contributed by atoms with Gasteiger partial charge in [0.05, 0.1) is 26.8 Å². The van der Waals surface area contributed by atoms with E-state index in [0.717, 1.165) is 69.2 Å². The van der Waals surface area contributed by atoms with E-state index in [0.29, 0.717) is 6.54 Å². The van der Waals surface area contributed by atoms with Crippen LogP contribution in [-0.4, -0.2) is 79.1 Å². The van der Waals surface area contributed by atoms with Gasteiger partial charge in [0.25, 0.3) is 0 Å². The molecule has 2 fully saturated rings. The molecule has 0 aliphatic carbocycles. The molecule has 2 saturated heterocycles. The topological polar surface area (TPSA) is 58.1 Å². The summed E-state index contributed by atoms with van der Waals surface area (Å²) < 4.78 is 11.0. The predicted molar refractivity (Wildman–Crippen MR) is 119 cm³/mol. The standard InChI is InChI=1S/C24H32N4O3/c1-30-20-5-6-23(31-2)21(16-20)22-4-3-11-28(22)24(29)18-27-14-12-26(13-15-27)17-19-7-9-25-10-8-19/h5-10,16,22H,3-4,11-15,17-18H2,1-2H3. The molecule has 1 aromatic heterocycles. The van der Waals surface area contributed by atoms with Gasteiger partial charge in [-0.3, -0.25) is 19.6 Å². The molecule has 0 radical (unpaired) electrons. The molecule has 0 N–H and O–H groups in total. The highest BCUT2D eigenvalue weighted by atomic mass is 16.5. The van der Waals surface area contributed by atoms with Crippen LogP contribution in [0.25, 0.3) is 0 Å². The van der Waals surface area contributed by atoms with Crippen molar-refractivity contribution in [3.8, 4) is 11.5 Å². The summed E-state index contributed by atoms with van der Waals surface area (Å²) in [5.41, 5.74) is 2.32. The van der Waals surface area contributed by atoms with E-state index < -0.39 is 0 Å². The zero-order valence-corrected chi connectivity index (χ0v) is 18.5. The van der Waals surface area contributed by atoms with Gasteiger partial charge in [-0.25, -0.2) is 0 Å². The van der Waals surface area contributed by atoms with Gasteiger partial charge in [0, 0.05) is 57.2 Å². The van der Waals surface area contributed by atoms with Gasteiger partial charge in [-0.15, -0.1) is 0 Å². The first-order valence-corrected chi connectivity index (χ1v) is 11.0. The van der Waals surface area contributed by atoms with Crippen LogP contribution in [0.2, 0.25) is 0 Å². The molecule has 2 aliphatic rings. The van der Waals surface area contributed by atoms with Crippen LogP contribution in [-0.2, 0) is 11.3 Å². The molecule has 2 aliphatic heterocycles. The number of nitrogens with zero attached hydrogens (tertiary/aromatic N) is 4. The second kappa shape index (κ2) is 10.1. The van der Waals surface area contributed by atoms with Crippen LogP contribution in [0.5, 0.6) is 11.5 Å². The molecular weight excluding hydrogens is 392 g/mol. The molecule has 1 aromatic carbocycles. The summed E-state index contributed by atoms with van der Waals surface area (Å²) in [6, 6.07) is 10.0. The van der Waals surface area contributed by atoms with Crippen molar-refractivity contribution in [3.05, 3.63) is 53.9 Å². The van der Waals surface area contributed by atoms with E-state index in [2.05, 4.69) is 26.9 Å². The van der Waals surface area contributed by atoms with Crippen molar-refractivity contribution in [2.24, 2.45) is 0 Å². The van der Waals surface area contributed by atoms with Crippen LogP contribution in [0.3, 0.4) is 0 Å². The van der Waals surface area contributed by atoms with Crippen molar-refractivity contribution in [1.29, 1.82) is 0 Å². The number of pyridine rings is 1. The Morgan fingerprint density at radius 3 is 2.45 bits per heavy atom. The monoisotopic (exact) mass is 424 g/mol. The van der Waals surface area contributed by atoms with Crippen LogP contribution in [0.15, 0.2) is 42.7 Å². The van der Waals surface area contributed by atoms with Crippen LogP contribution in [0.1, 0.15) is 30.0 Å². The summed E-state index contributed by atoms with van der Waals surface area (Å²) in [7, 11) is 3.34. The average Bonchev–Trinajstić information content (AvgIpc) is 3.30. The number of likely N-dealkylation sites (tertiary alicyclic amines) is 1. The smallest absolute Gasteiger partial charge is 0.237 e. The Bertz CT molecular complexity index is 868. The minimum atomic E-state index is 0.0468. The van der Waals surface area contributed by atoms with Gasteiger partial charge < -0.3 is 14.4 Å². The number of benzene rings is 1. The maximum absolute atomic E-state index is 13.2. The van der Waals surface area contributed by atoms with Crippen molar-refractivity contribution in [2.45, 2.75) is 25.4 Å². The van der Waals surface area contributed by atoms with Crippen molar-refractivity contribution in [2.75, 3.05) is 53.5 Å². The number of carbonyl (C=O) groups excluding carboxylic acids is 1. The fraction of sp³-hybridized carbons (Fsp3) is 0.500. The molecule has 2 aromatic rings. The van der Waals surface area contributed by atoms with E-state index in [1.165, 1.54) is 5.56 Å². The lowest BCUT2D eigenvalue weighted by Crippen LogP contribution is -2.49. The van der Waals surface area contributed by atoms with Crippen molar-refractivity contribution in [3.63, 3.8) is 0 Å². The van der Waals surface area contributed by atoms with Gasteiger partial charge >= 0.3 is 0 Å². The van der Waals surface area contributed by atoms with Crippen LogP contribution in [0.4, 0.5) is 0 Å². The van der Waals surface area contributed by atoms with Crippen molar-refractivity contribution in [1.82, 2.24) is 19.7 Å². The van der Waals surface area contributed by atoms with Gasteiger partial charge in [-0.2, -0.15) is 0 Å². The molecule has 0 bridgehead atoms. The van der Waals surface area contributed by atoms with Crippen molar-refractivity contribution < 1.29 is 14.3 Å². The molecule has 0 saturated carbocycles. The maximum Gasteiger partial charge on any atom is 0.237 e. The van der Waals surface area contributed by atoms with E-state index in [9.17, 15) is 4.79 Å². The summed E-state index contributed by atoms with van der Waals surface area (Å²) in [6.07, 6.45) is 5.65. The van der Waals surface area contributed by atoms with Gasteiger partial charge in [-0.1, -0.05) is 0 Å². The molecule has 0 spiro atoms. The number of hydrogen-bond acceptors (Lipinski definition) is 6. The van der Waals surface area contributed by atoms with E-state index >= 15 is 0 Å². The second-order valence-corrected chi connectivity index (χ2v) is 8.26. The molecule has 1 unspecified atom stereocenters. The summed E-state index contributed by atoms with van der Waals surface area (Å²) in [5, 5.41) is 0. The quantitative estimate of drug-likeness (QED) is 0.681. The van der Waals surface area contributed by atoms with E-state index in [1.807, 2.05) is 35.5 Å². The molecule has 7 nitrogen and oxygen atoms in total. The van der Waals surface area contributed by atoms with Gasteiger partial charge in [0.1, 0.15) is 11.5 Å². The van der Waals surface area contributed by atoms with Gasteiger partial charge in [-0.05, 0) is 48.7 Å². The predicted octanol–water partition coefficient (Wildman–Crippen LogP) is 2.58. The SMILES string of the molecule is COc1ccc(OC)c(C2CCCN2C(=O)CN2CCN(Cc3ccncc3)CC2)c1. The minimum Gasteiger partial charge on any atom is -0.497 e. The summed E-state index contributed by atoms with van der Waals surface area (Å²) in [4.78, 5) is 24.1. The normalized spacial score (nSPS) is 20.1. The van der Waals surface area contributed by atoms with Crippen molar-refractivity contribution >= 4 is 5.91 Å². The highest BCUT2D eigenvalue weighted by Crippen LogP contribution is 2.39. The number of rotatable bonds is 7. The summed E-state index contributed by atoms with van der Waals surface area (Å²) >= 11 is 0. The Hall–Kier alpha value is -2.64. The highest BCUT2D eigenvalue weighted by Gasteiger charge is 2.33.